The van der Waals surface area contributed by atoms with Gasteiger partial charge >= 0.3 is 6.03 Å². The molecule has 0 aliphatic carbocycles. The van der Waals surface area contributed by atoms with Crippen molar-refractivity contribution >= 4 is 40.2 Å². The fourth-order valence-electron chi connectivity index (χ4n) is 3.81. The van der Waals surface area contributed by atoms with Crippen molar-refractivity contribution in [3.8, 4) is 16.5 Å². The first kappa shape index (κ1) is 21.2. The zero-order valence-electron chi connectivity index (χ0n) is 17.8. The number of urea groups is 1. The molecule has 1 atom stereocenters. The average molecular weight is 479 g/mol. The van der Waals surface area contributed by atoms with Gasteiger partial charge in [0.25, 0.3) is 5.89 Å². The van der Waals surface area contributed by atoms with Crippen LogP contribution in [-0.4, -0.2) is 23.3 Å². The molecule has 1 aliphatic heterocycles. The molecule has 1 unspecified atom stereocenters. The molecule has 0 radical (unpaired) electrons. The van der Waals surface area contributed by atoms with E-state index >= 15 is 0 Å². The summed E-state index contributed by atoms with van der Waals surface area (Å²) in [6.45, 7) is 1.87. The van der Waals surface area contributed by atoms with Crippen LogP contribution in [0.25, 0.3) is 16.3 Å². The number of halogens is 1. The van der Waals surface area contributed by atoms with E-state index in [2.05, 4.69) is 15.5 Å². The van der Waals surface area contributed by atoms with Gasteiger partial charge in [0.15, 0.2) is 0 Å². The van der Waals surface area contributed by atoms with Gasteiger partial charge in [0.05, 0.1) is 29.3 Å². The van der Waals surface area contributed by atoms with Crippen molar-refractivity contribution in [2.75, 3.05) is 12.0 Å². The number of ether oxygens (including phenoxy) is 1. The van der Waals surface area contributed by atoms with Gasteiger partial charge in [0.1, 0.15) is 5.75 Å². The maximum atomic E-state index is 13.2. The van der Waals surface area contributed by atoms with Gasteiger partial charge in [0.2, 0.25) is 5.82 Å². The number of anilines is 1. The van der Waals surface area contributed by atoms with Crippen molar-refractivity contribution in [1.29, 1.82) is 0 Å². The Labute approximate surface area is 199 Å². The third-order valence-electron chi connectivity index (χ3n) is 5.42. The number of nitrogens with zero attached hydrogens (tertiary/aromatic N) is 3. The minimum absolute atomic E-state index is 0.266. The SMILES string of the molecule is COc1ccc(C2NC(=O)N(c3ccc(Cl)cc3)C(C)=C2c2nc(-c3cccs3)no2)cc1. The van der Waals surface area contributed by atoms with Crippen LogP contribution in [0.2, 0.25) is 5.02 Å². The number of benzene rings is 2. The monoisotopic (exact) mass is 478 g/mol. The molecule has 0 spiro atoms. The van der Waals surface area contributed by atoms with Gasteiger partial charge in [-0.25, -0.2) is 4.79 Å². The fourth-order valence-corrected chi connectivity index (χ4v) is 4.58. The molecular formula is C24H19ClN4O3S. The Morgan fingerprint density at radius 1 is 1.12 bits per heavy atom. The van der Waals surface area contributed by atoms with Gasteiger partial charge in [-0.15, -0.1) is 11.3 Å². The van der Waals surface area contributed by atoms with Crippen molar-refractivity contribution in [3.05, 3.63) is 88.2 Å². The average Bonchev–Trinajstić information content (AvgIpc) is 3.52. The topological polar surface area (TPSA) is 80.5 Å². The van der Waals surface area contributed by atoms with E-state index in [4.69, 9.17) is 20.9 Å². The minimum Gasteiger partial charge on any atom is -0.497 e. The van der Waals surface area contributed by atoms with Crippen LogP contribution in [0, 0.1) is 0 Å². The standard InChI is InChI=1S/C24H19ClN4O3S/c1-14-20(23-27-22(28-32-23)19-4-3-13-33-19)21(15-5-11-18(31-2)12-6-15)26-24(30)29(14)17-9-7-16(25)8-10-17/h3-13,21H,1-2H3,(H,26,30). The molecule has 4 aromatic rings. The summed E-state index contributed by atoms with van der Waals surface area (Å²) in [4.78, 5) is 20.4. The molecule has 1 N–H and O–H groups in total. The lowest BCUT2D eigenvalue weighted by Crippen LogP contribution is -2.46. The van der Waals surface area contributed by atoms with Crippen LogP contribution in [0.3, 0.4) is 0 Å². The number of allylic oxidation sites excluding steroid dienone is 1. The maximum Gasteiger partial charge on any atom is 0.326 e. The molecule has 0 saturated carbocycles. The summed E-state index contributed by atoms with van der Waals surface area (Å²) >= 11 is 7.58. The highest BCUT2D eigenvalue weighted by Crippen LogP contribution is 2.39. The van der Waals surface area contributed by atoms with E-state index in [0.29, 0.717) is 33.7 Å². The molecule has 166 valence electrons. The predicted molar refractivity (Wildman–Crippen MR) is 128 cm³/mol. The summed E-state index contributed by atoms with van der Waals surface area (Å²) in [5, 5.41) is 9.81. The summed E-state index contributed by atoms with van der Waals surface area (Å²) in [6, 6.07) is 17.7. The molecule has 9 heteroatoms. The summed E-state index contributed by atoms with van der Waals surface area (Å²) in [6.07, 6.45) is 0. The summed E-state index contributed by atoms with van der Waals surface area (Å²) in [5.74, 6) is 1.57. The van der Waals surface area contributed by atoms with Crippen molar-refractivity contribution < 1.29 is 14.1 Å². The summed E-state index contributed by atoms with van der Waals surface area (Å²) in [7, 11) is 1.61. The van der Waals surface area contributed by atoms with E-state index in [-0.39, 0.29) is 6.03 Å². The van der Waals surface area contributed by atoms with Crippen molar-refractivity contribution in [2.45, 2.75) is 13.0 Å². The van der Waals surface area contributed by atoms with Crippen LogP contribution in [-0.2, 0) is 0 Å². The molecule has 2 amide bonds. The highest BCUT2D eigenvalue weighted by atomic mass is 35.5. The maximum absolute atomic E-state index is 13.2. The Hall–Kier alpha value is -3.62. The molecule has 2 aromatic carbocycles. The second-order valence-corrected chi connectivity index (χ2v) is 8.75. The van der Waals surface area contributed by atoms with Gasteiger partial charge < -0.3 is 14.6 Å². The lowest BCUT2D eigenvalue weighted by molar-refractivity contribution is 0.244. The van der Waals surface area contributed by atoms with Crippen molar-refractivity contribution in [3.63, 3.8) is 0 Å². The molecule has 0 saturated heterocycles. The van der Waals surface area contributed by atoms with E-state index in [0.717, 1.165) is 16.2 Å². The third-order valence-corrected chi connectivity index (χ3v) is 6.53. The molecule has 1 aliphatic rings. The first-order valence-electron chi connectivity index (χ1n) is 10.1. The quantitative estimate of drug-likeness (QED) is 0.371. The van der Waals surface area contributed by atoms with Crippen molar-refractivity contribution in [2.24, 2.45) is 0 Å². The normalized spacial score (nSPS) is 16.2. The minimum atomic E-state index is -0.483. The highest BCUT2D eigenvalue weighted by molar-refractivity contribution is 7.13. The number of methoxy groups -OCH3 is 1. The van der Waals surface area contributed by atoms with Crippen LogP contribution in [0.4, 0.5) is 10.5 Å². The first-order chi connectivity index (χ1) is 16.0. The van der Waals surface area contributed by atoms with Crippen LogP contribution in [0.1, 0.15) is 24.4 Å². The van der Waals surface area contributed by atoms with E-state index in [9.17, 15) is 4.79 Å². The Morgan fingerprint density at radius 2 is 1.88 bits per heavy atom. The molecular weight excluding hydrogens is 460 g/mol. The Morgan fingerprint density at radius 3 is 2.55 bits per heavy atom. The predicted octanol–water partition coefficient (Wildman–Crippen LogP) is 6.16. The second kappa shape index (κ2) is 8.73. The van der Waals surface area contributed by atoms with Gasteiger partial charge in [-0.2, -0.15) is 4.98 Å². The Kier molecular flexibility index (Phi) is 5.62. The van der Waals surface area contributed by atoms with Crippen LogP contribution < -0.4 is 15.0 Å². The third kappa shape index (κ3) is 3.99. The van der Waals surface area contributed by atoms with Gasteiger partial charge in [-0.1, -0.05) is 35.0 Å². The van der Waals surface area contributed by atoms with Crippen molar-refractivity contribution in [1.82, 2.24) is 15.5 Å². The second-order valence-electron chi connectivity index (χ2n) is 7.37. The zero-order chi connectivity index (χ0) is 22.9. The largest absolute Gasteiger partial charge is 0.497 e. The number of hydrogen-bond donors (Lipinski definition) is 1. The van der Waals surface area contributed by atoms with Crippen LogP contribution in [0.15, 0.2) is 76.3 Å². The Balaban J connectivity index is 1.64. The smallest absolute Gasteiger partial charge is 0.326 e. The highest BCUT2D eigenvalue weighted by Gasteiger charge is 2.36. The number of rotatable bonds is 5. The van der Waals surface area contributed by atoms with Gasteiger partial charge in [0, 0.05) is 10.7 Å². The molecule has 5 rings (SSSR count). The molecule has 0 fully saturated rings. The molecule has 2 aromatic heterocycles. The first-order valence-corrected chi connectivity index (χ1v) is 11.4. The number of aromatic nitrogens is 2. The van der Waals surface area contributed by atoms with Crippen LogP contribution in [0.5, 0.6) is 5.75 Å². The number of carbonyl (C=O) groups is 1. The molecule has 0 bridgehead atoms. The number of carbonyl (C=O) groups excluding carboxylic acids is 1. The summed E-state index contributed by atoms with van der Waals surface area (Å²) in [5.41, 5.74) is 2.94. The van der Waals surface area contributed by atoms with E-state index in [1.165, 1.54) is 11.3 Å². The number of hydrogen-bond acceptors (Lipinski definition) is 6. The molecule has 3 heterocycles. The number of nitrogens with one attached hydrogen (secondary N) is 1. The van der Waals surface area contributed by atoms with Gasteiger partial charge in [-0.05, 0) is 60.3 Å². The number of thiophene rings is 1. The number of amides is 2. The molecule has 7 nitrogen and oxygen atoms in total. The van der Waals surface area contributed by atoms with Gasteiger partial charge in [-0.3, -0.25) is 4.90 Å². The van der Waals surface area contributed by atoms with Crippen LogP contribution >= 0.6 is 22.9 Å². The summed E-state index contributed by atoms with van der Waals surface area (Å²) < 4.78 is 11.0. The lowest BCUT2D eigenvalue weighted by Gasteiger charge is -2.35. The van der Waals surface area contributed by atoms with E-state index < -0.39 is 6.04 Å². The Bertz CT molecular complexity index is 1310. The van der Waals surface area contributed by atoms with E-state index in [1.54, 1.807) is 36.3 Å². The lowest BCUT2D eigenvalue weighted by atomic mass is 9.94. The fraction of sp³-hybridized carbons (Fsp3) is 0.125. The van der Waals surface area contributed by atoms with E-state index in [1.807, 2.05) is 48.7 Å². The zero-order valence-corrected chi connectivity index (χ0v) is 19.4. The molecule has 33 heavy (non-hydrogen) atoms.